The molecular formula is C18H17Cl2N3O2S2. The van der Waals surface area contributed by atoms with E-state index in [1.54, 1.807) is 18.3 Å². The molecule has 0 aliphatic heterocycles. The standard InChI is InChI=1S/C18H17Cl2N3O2S2/c19-14-8-7-12(10-15(14)20)22-27(24,25)17-11-23(13-4-1-2-5-13)21-18(17)16-6-3-9-26-16/h3,6-11,13,22H,1-2,4-5H2. The van der Waals surface area contributed by atoms with Gasteiger partial charge in [0.05, 0.1) is 26.7 Å². The van der Waals surface area contributed by atoms with Gasteiger partial charge in [-0.3, -0.25) is 9.40 Å². The van der Waals surface area contributed by atoms with Crippen LogP contribution < -0.4 is 4.72 Å². The zero-order valence-corrected chi connectivity index (χ0v) is 17.4. The van der Waals surface area contributed by atoms with Gasteiger partial charge >= 0.3 is 0 Å². The summed E-state index contributed by atoms with van der Waals surface area (Å²) in [5.74, 6) is 0. The molecule has 1 aliphatic rings. The smallest absolute Gasteiger partial charge is 0.265 e. The first-order valence-electron chi connectivity index (χ1n) is 8.55. The van der Waals surface area contributed by atoms with Gasteiger partial charge in [-0.15, -0.1) is 11.3 Å². The first-order chi connectivity index (χ1) is 12.9. The minimum atomic E-state index is -3.84. The maximum absolute atomic E-state index is 13.1. The van der Waals surface area contributed by atoms with Gasteiger partial charge in [-0.05, 0) is 42.5 Å². The van der Waals surface area contributed by atoms with Gasteiger partial charge in [0.25, 0.3) is 10.0 Å². The second-order valence-electron chi connectivity index (χ2n) is 6.47. The van der Waals surface area contributed by atoms with Crippen LogP contribution in [-0.2, 0) is 10.0 Å². The number of nitrogens with zero attached hydrogens (tertiary/aromatic N) is 2. The lowest BCUT2D eigenvalue weighted by Crippen LogP contribution is -2.13. The number of aromatic nitrogens is 2. The lowest BCUT2D eigenvalue weighted by atomic mass is 10.3. The molecule has 0 amide bonds. The van der Waals surface area contributed by atoms with E-state index in [1.165, 1.54) is 17.4 Å². The van der Waals surface area contributed by atoms with E-state index in [1.807, 2.05) is 22.2 Å². The van der Waals surface area contributed by atoms with Gasteiger partial charge in [0, 0.05) is 6.20 Å². The van der Waals surface area contributed by atoms with E-state index in [0.717, 1.165) is 30.6 Å². The zero-order valence-electron chi connectivity index (χ0n) is 14.2. The zero-order chi connectivity index (χ0) is 19.0. The van der Waals surface area contributed by atoms with Gasteiger partial charge in [0.2, 0.25) is 0 Å². The van der Waals surface area contributed by atoms with Gasteiger partial charge in [0.1, 0.15) is 10.6 Å². The third-order valence-electron chi connectivity index (χ3n) is 4.61. The van der Waals surface area contributed by atoms with Gasteiger partial charge in [0.15, 0.2) is 0 Å². The second kappa shape index (κ2) is 7.47. The number of rotatable bonds is 5. The highest BCUT2D eigenvalue weighted by atomic mass is 35.5. The van der Waals surface area contributed by atoms with Crippen LogP contribution in [0.3, 0.4) is 0 Å². The van der Waals surface area contributed by atoms with Crippen molar-refractivity contribution in [2.45, 2.75) is 36.6 Å². The van der Waals surface area contributed by atoms with E-state index in [4.69, 9.17) is 23.2 Å². The van der Waals surface area contributed by atoms with Gasteiger partial charge < -0.3 is 0 Å². The SMILES string of the molecule is O=S(=O)(Nc1ccc(Cl)c(Cl)c1)c1cn(C2CCCC2)nc1-c1cccs1. The maximum Gasteiger partial charge on any atom is 0.265 e. The van der Waals surface area contributed by atoms with Crippen molar-refractivity contribution in [1.29, 1.82) is 0 Å². The van der Waals surface area contributed by atoms with E-state index < -0.39 is 10.0 Å². The van der Waals surface area contributed by atoms with Crippen LogP contribution in [0.25, 0.3) is 10.6 Å². The predicted octanol–water partition coefficient (Wildman–Crippen LogP) is 5.83. The van der Waals surface area contributed by atoms with E-state index >= 15 is 0 Å². The Labute approximate surface area is 172 Å². The van der Waals surface area contributed by atoms with Crippen molar-refractivity contribution in [3.63, 3.8) is 0 Å². The quantitative estimate of drug-likeness (QED) is 0.540. The molecule has 27 heavy (non-hydrogen) atoms. The van der Waals surface area contributed by atoms with Crippen LogP contribution in [0.2, 0.25) is 10.0 Å². The molecule has 0 atom stereocenters. The van der Waals surface area contributed by atoms with Crippen molar-refractivity contribution in [3.05, 3.63) is 52.0 Å². The molecule has 0 radical (unpaired) electrons. The topological polar surface area (TPSA) is 64.0 Å². The lowest BCUT2D eigenvalue weighted by molar-refractivity contribution is 0.467. The summed E-state index contributed by atoms with van der Waals surface area (Å²) in [6.45, 7) is 0. The lowest BCUT2D eigenvalue weighted by Gasteiger charge is -2.09. The van der Waals surface area contributed by atoms with Crippen LogP contribution in [0, 0.1) is 0 Å². The second-order valence-corrected chi connectivity index (χ2v) is 9.88. The average Bonchev–Trinajstić information content (AvgIpc) is 3.38. The molecule has 0 unspecified atom stereocenters. The molecule has 4 rings (SSSR count). The number of hydrogen-bond donors (Lipinski definition) is 1. The number of hydrogen-bond acceptors (Lipinski definition) is 4. The minimum absolute atomic E-state index is 0.169. The molecular weight excluding hydrogens is 425 g/mol. The monoisotopic (exact) mass is 441 g/mol. The Kier molecular flexibility index (Phi) is 5.20. The van der Waals surface area contributed by atoms with Crippen molar-refractivity contribution < 1.29 is 8.42 Å². The molecule has 1 saturated carbocycles. The van der Waals surface area contributed by atoms with Crippen molar-refractivity contribution >= 4 is 50.2 Å². The van der Waals surface area contributed by atoms with Crippen LogP contribution in [0.1, 0.15) is 31.7 Å². The number of halogens is 2. The summed E-state index contributed by atoms with van der Waals surface area (Å²) in [4.78, 5) is 0.990. The highest BCUT2D eigenvalue weighted by molar-refractivity contribution is 7.92. The molecule has 1 fully saturated rings. The molecule has 2 heterocycles. The van der Waals surface area contributed by atoms with Crippen molar-refractivity contribution in [2.75, 3.05) is 4.72 Å². The molecule has 1 aliphatic carbocycles. The summed E-state index contributed by atoms with van der Waals surface area (Å²) in [6, 6.07) is 8.65. The fourth-order valence-electron chi connectivity index (χ4n) is 3.28. The molecule has 0 bridgehead atoms. The van der Waals surface area contributed by atoms with Gasteiger partial charge in [-0.25, -0.2) is 8.42 Å². The molecule has 3 aromatic rings. The molecule has 0 saturated heterocycles. The number of sulfonamides is 1. The summed E-state index contributed by atoms with van der Waals surface area (Å²) < 4.78 is 30.6. The average molecular weight is 442 g/mol. The Bertz CT molecular complexity index is 1060. The molecule has 1 aromatic carbocycles. The normalized spacial score (nSPS) is 15.3. The van der Waals surface area contributed by atoms with E-state index in [-0.39, 0.29) is 16.0 Å². The largest absolute Gasteiger partial charge is 0.279 e. The summed E-state index contributed by atoms with van der Waals surface area (Å²) in [5.41, 5.74) is 0.833. The Morgan fingerprint density at radius 2 is 1.93 bits per heavy atom. The summed E-state index contributed by atoms with van der Waals surface area (Å²) in [5, 5.41) is 7.20. The predicted molar refractivity (Wildman–Crippen MR) is 110 cm³/mol. The van der Waals surface area contributed by atoms with E-state index in [9.17, 15) is 8.42 Å². The number of nitrogens with one attached hydrogen (secondary N) is 1. The molecule has 9 heteroatoms. The Morgan fingerprint density at radius 3 is 2.59 bits per heavy atom. The Balaban J connectivity index is 1.75. The minimum Gasteiger partial charge on any atom is -0.279 e. The third-order valence-corrected chi connectivity index (χ3v) is 7.61. The number of benzene rings is 1. The van der Waals surface area contributed by atoms with Crippen molar-refractivity contribution in [3.8, 4) is 10.6 Å². The summed E-state index contributed by atoms with van der Waals surface area (Å²) in [7, 11) is -3.84. The fourth-order valence-corrected chi connectivity index (χ4v) is 5.57. The molecule has 2 aromatic heterocycles. The maximum atomic E-state index is 13.1. The molecule has 142 valence electrons. The Morgan fingerprint density at radius 1 is 1.15 bits per heavy atom. The van der Waals surface area contributed by atoms with E-state index in [2.05, 4.69) is 9.82 Å². The van der Waals surface area contributed by atoms with Crippen LogP contribution in [0.4, 0.5) is 5.69 Å². The fraction of sp³-hybridized carbons (Fsp3) is 0.278. The van der Waals surface area contributed by atoms with Crippen LogP contribution in [-0.4, -0.2) is 18.2 Å². The van der Waals surface area contributed by atoms with E-state index in [0.29, 0.717) is 16.4 Å². The Hall–Kier alpha value is -1.54. The summed E-state index contributed by atoms with van der Waals surface area (Å²) in [6.07, 6.45) is 5.96. The highest BCUT2D eigenvalue weighted by Crippen LogP contribution is 2.35. The van der Waals surface area contributed by atoms with Crippen LogP contribution >= 0.6 is 34.5 Å². The van der Waals surface area contributed by atoms with Crippen LogP contribution in [0.5, 0.6) is 0 Å². The molecule has 1 N–H and O–H groups in total. The third kappa shape index (κ3) is 3.87. The first-order valence-corrected chi connectivity index (χ1v) is 11.7. The van der Waals surface area contributed by atoms with Gasteiger partial charge in [-0.1, -0.05) is 42.1 Å². The number of anilines is 1. The first kappa shape index (κ1) is 18.8. The van der Waals surface area contributed by atoms with Crippen molar-refractivity contribution in [1.82, 2.24) is 9.78 Å². The molecule has 5 nitrogen and oxygen atoms in total. The highest BCUT2D eigenvalue weighted by Gasteiger charge is 2.27. The summed E-state index contributed by atoms with van der Waals surface area (Å²) >= 11 is 13.4. The number of thiophene rings is 1. The molecule has 0 spiro atoms. The van der Waals surface area contributed by atoms with Crippen molar-refractivity contribution in [2.24, 2.45) is 0 Å². The van der Waals surface area contributed by atoms with Gasteiger partial charge in [-0.2, -0.15) is 5.10 Å². The van der Waals surface area contributed by atoms with Crippen LogP contribution in [0.15, 0.2) is 46.8 Å².